The van der Waals surface area contributed by atoms with Crippen LogP contribution in [0.5, 0.6) is 11.5 Å². The molecule has 0 aliphatic rings. The largest absolute Gasteiger partial charge is 0.490 e. The minimum atomic E-state index is -3.78. The smallest absolute Gasteiger partial charge is 0.261 e. The number of carbonyl (C=O) groups excluding carboxylic acids is 1. The molecule has 0 fully saturated rings. The van der Waals surface area contributed by atoms with Gasteiger partial charge in [-0.15, -0.1) is 0 Å². The second-order valence-corrected chi connectivity index (χ2v) is 9.97. The number of carbonyl (C=O) groups is 1. The minimum absolute atomic E-state index is 0.125. The summed E-state index contributed by atoms with van der Waals surface area (Å²) >= 11 is 6.34. The number of hydrogen-bond acceptors (Lipinski definition) is 5. The van der Waals surface area contributed by atoms with Crippen molar-refractivity contribution in [3.05, 3.63) is 82.4 Å². The SMILES string of the molecule is CCOc1ccc([C@@H](C)NC(=O)c2ccc(NS(=O)(=O)c3ccc(C)cc3)cc2Cl)cc1OCC. The van der Waals surface area contributed by atoms with Gasteiger partial charge >= 0.3 is 0 Å². The molecule has 0 radical (unpaired) electrons. The van der Waals surface area contributed by atoms with E-state index in [-0.39, 0.29) is 33.1 Å². The molecule has 3 aromatic carbocycles. The molecule has 2 N–H and O–H groups in total. The van der Waals surface area contributed by atoms with Crippen molar-refractivity contribution in [1.82, 2.24) is 5.32 Å². The Bertz CT molecular complexity index is 1290. The van der Waals surface area contributed by atoms with Crippen LogP contribution in [-0.2, 0) is 10.0 Å². The van der Waals surface area contributed by atoms with Gasteiger partial charge in [0.2, 0.25) is 0 Å². The summed E-state index contributed by atoms with van der Waals surface area (Å²) in [6, 6.07) is 16.1. The van der Waals surface area contributed by atoms with Crippen molar-refractivity contribution in [2.24, 2.45) is 0 Å². The first kappa shape index (κ1) is 26.4. The molecule has 0 bridgehead atoms. The molecule has 35 heavy (non-hydrogen) atoms. The second kappa shape index (κ2) is 11.5. The van der Waals surface area contributed by atoms with Crippen molar-refractivity contribution in [1.29, 1.82) is 0 Å². The Morgan fingerprint density at radius 1 is 0.943 bits per heavy atom. The highest BCUT2D eigenvalue weighted by atomic mass is 35.5. The number of halogens is 1. The molecule has 0 spiro atoms. The van der Waals surface area contributed by atoms with Crippen molar-refractivity contribution in [3.8, 4) is 11.5 Å². The molecule has 9 heteroatoms. The lowest BCUT2D eigenvalue weighted by atomic mass is 10.1. The third-order valence-corrected chi connectivity index (χ3v) is 6.92. The summed E-state index contributed by atoms with van der Waals surface area (Å²) in [6.07, 6.45) is 0. The summed E-state index contributed by atoms with van der Waals surface area (Å²) in [5.41, 5.74) is 2.28. The first-order chi connectivity index (χ1) is 16.6. The monoisotopic (exact) mass is 516 g/mol. The highest BCUT2D eigenvalue weighted by Gasteiger charge is 2.19. The minimum Gasteiger partial charge on any atom is -0.490 e. The molecular weight excluding hydrogens is 488 g/mol. The van der Waals surface area contributed by atoms with E-state index < -0.39 is 10.0 Å². The molecule has 0 aliphatic carbocycles. The van der Waals surface area contributed by atoms with Crippen LogP contribution in [0.2, 0.25) is 5.02 Å². The zero-order valence-electron chi connectivity index (χ0n) is 20.1. The quantitative estimate of drug-likeness (QED) is 0.358. The summed E-state index contributed by atoms with van der Waals surface area (Å²) < 4.78 is 39.0. The Balaban J connectivity index is 1.73. The van der Waals surface area contributed by atoms with Crippen LogP contribution in [0.3, 0.4) is 0 Å². The zero-order chi connectivity index (χ0) is 25.6. The van der Waals surface area contributed by atoms with Crippen LogP contribution in [0.25, 0.3) is 0 Å². The predicted molar refractivity (Wildman–Crippen MR) is 138 cm³/mol. The molecule has 0 unspecified atom stereocenters. The topological polar surface area (TPSA) is 93.7 Å². The molecule has 0 saturated carbocycles. The molecule has 3 aromatic rings. The number of rotatable bonds is 10. The van der Waals surface area contributed by atoms with E-state index >= 15 is 0 Å². The van der Waals surface area contributed by atoms with Crippen LogP contribution < -0.4 is 19.5 Å². The van der Waals surface area contributed by atoms with Crippen molar-refractivity contribution < 1.29 is 22.7 Å². The summed E-state index contributed by atoms with van der Waals surface area (Å²) in [7, 11) is -3.78. The summed E-state index contributed by atoms with van der Waals surface area (Å²) in [5, 5.41) is 3.04. The number of aryl methyl sites for hydroxylation is 1. The van der Waals surface area contributed by atoms with Crippen molar-refractivity contribution >= 4 is 33.2 Å². The van der Waals surface area contributed by atoms with Crippen molar-refractivity contribution in [3.63, 3.8) is 0 Å². The number of hydrogen-bond donors (Lipinski definition) is 2. The number of amides is 1. The summed E-state index contributed by atoms with van der Waals surface area (Å²) in [4.78, 5) is 13.0. The van der Waals surface area contributed by atoms with Crippen LogP contribution in [-0.4, -0.2) is 27.5 Å². The van der Waals surface area contributed by atoms with Gasteiger partial charge in [-0.1, -0.05) is 35.4 Å². The maximum Gasteiger partial charge on any atom is 0.261 e. The first-order valence-corrected chi connectivity index (χ1v) is 13.1. The fraction of sp³-hybridized carbons (Fsp3) is 0.269. The van der Waals surface area contributed by atoms with Gasteiger partial charge in [0.1, 0.15) is 0 Å². The molecule has 0 saturated heterocycles. The van der Waals surface area contributed by atoms with E-state index in [1.54, 1.807) is 12.1 Å². The Kier molecular flexibility index (Phi) is 8.64. The van der Waals surface area contributed by atoms with Crippen LogP contribution in [0.15, 0.2) is 65.6 Å². The van der Waals surface area contributed by atoms with Crippen LogP contribution in [0, 0.1) is 6.92 Å². The van der Waals surface area contributed by atoms with E-state index in [0.29, 0.717) is 24.7 Å². The Morgan fingerprint density at radius 2 is 1.60 bits per heavy atom. The standard InChI is InChI=1S/C26H29ClN2O5S/c1-5-33-24-14-9-19(15-25(24)34-6-2)18(4)28-26(30)22-13-10-20(16-23(22)27)29-35(31,32)21-11-7-17(3)8-12-21/h7-16,18,29H,5-6H2,1-4H3,(H,28,30)/t18-/m1/s1. The normalized spacial score (nSPS) is 12.0. The van der Waals surface area contributed by atoms with Gasteiger partial charge in [-0.2, -0.15) is 0 Å². The lowest BCUT2D eigenvalue weighted by Crippen LogP contribution is -2.27. The summed E-state index contributed by atoms with van der Waals surface area (Å²) in [6.45, 7) is 8.51. The van der Waals surface area contributed by atoms with Gasteiger partial charge in [0.05, 0.1) is 40.4 Å². The maximum absolute atomic E-state index is 12.9. The summed E-state index contributed by atoms with van der Waals surface area (Å²) in [5.74, 6) is 0.863. The van der Waals surface area contributed by atoms with Gasteiger partial charge in [0.25, 0.3) is 15.9 Å². The maximum atomic E-state index is 12.9. The predicted octanol–water partition coefficient (Wildman–Crippen LogP) is 5.74. The second-order valence-electron chi connectivity index (χ2n) is 7.88. The first-order valence-electron chi connectivity index (χ1n) is 11.2. The Labute approximate surface area is 211 Å². The lowest BCUT2D eigenvalue weighted by molar-refractivity contribution is 0.0940. The van der Waals surface area contributed by atoms with E-state index in [2.05, 4.69) is 10.0 Å². The lowest BCUT2D eigenvalue weighted by Gasteiger charge is -2.18. The molecule has 0 aromatic heterocycles. The van der Waals surface area contributed by atoms with Gasteiger partial charge < -0.3 is 14.8 Å². The number of ether oxygens (including phenoxy) is 2. The van der Waals surface area contributed by atoms with Gasteiger partial charge in [0, 0.05) is 0 Å². The fourth-order valence-electron chi connectivity index (χ4n) is 3.39. The Hall–Kier alpha value is -3.23. The fourth-order valence-corrected chi connectivity index (χ4v) is 4.70. The van der Waals surface area contributed by atoms with Crippen LogP contribution in [0.4, 0.5) is 5.69 Å². The van der Waals surface area contributed by atoms with Crippen LogP contribution in [0.1, 0.15) is 48.3 Å². The van der Waals surface area contributed by atoms with Gasteiger partial charge in [-0.05, 0) is 75.7 Å². The van der Waals surface area contributed by atoms with E-state index in [1.165, 1.54) is 30.3 Å². The van der Waals surface area contributed by atoms with Gasteiger partial charge in [-0.25, -0.2) is 8.42 Å². The molecule has 0 aliphatic heterocycles. The Morgan fingerprint density at radius 3 is 2.23 bits per heavy atom. The molecule has 1 amide bonds. The molecule has 3 rings (SSSR count). The van der Waals surface area contributed by atoms with Crippen molar-refractivity contribution in [2.45, 2.75) is 38.6 Å². The number of benzene rings is 3. The average molecular weight is 517 g/mol. The van der Waals surface area contributed by atoms with Crippen molar-refractivity contribution in [2.75, 3.05) is 17.9 Å². The van der Waals surface area contributed by atoms with Gasteiger partial charge in [0.15, 0.2) is 11.5 Å². The molecular formula is C26H29ClN2O5S. The number of nitrogens with one attached hydrogen (secondary N) is 2. The van der Waals surface area contributed by atoms with E-state index in [9.17, 15) is 13.2 Å². The highest BCUT2D eigenvalue weighted by molar-refractivity contribution is 7.92. The van der Waals surface area contributed by atoms with E-state index in [0.717, 1.165) is 11.1 Å². The number of sulfonamides is 1. The van der Waals surface area contributed by atoms with E-state index in [4.69, 9.17) is 21.1 Å². The highest BCUT2D eigenvalue weighted by Crippen LogP contribution is 2.31. The zero-order valence-corrected chi connectivity index (χ0v) is 21.7. The number of anilines is 1. The third kappa shape index (κ3) is 6.68. The molecule has 186 valence electrons. The molecule has 7 nitrogen and oxygen atoms in total. The van der Waals surface area contributed by atoms with Crippen LogP contribution >= 0.6 is 11.6 Å². The average Bonchev–Trinajstić information content (AvgIpc) is 2.80. The third-order valence-electron chi connectivity index (χ3n) is 5.21. The molecule has 1 atom stereocenters. The van der Waals surface area contributed by atoms with E-state index in [1.807, 2.05) is 45.9 Å². The molecule has 0 heterocycles. The van der Waals surface area contributed by atoms with Gasteiger partial charge in [-0.3, -0.25) is 9.52 Å².